The Morgan fingerprint density at radius 2 is 2.00 bits per heavy atom. The molecule has 0 aliphatic carbocycles. The van der Waals surface area contributed by atoms with Crippen molar-refractivity contribution in [3.05, 3.63) is 23.4 Å². The van der Waals surface area contributed by atoms with Gasteiger partial charge in [0.1, 0.15) is 5.15 Å². The molecule has 1 saturated heterocycles. The third-order valence-electron chi connectivity index (χ3n) is 2.23. The quantitative estimate of drug-likeness (QED) is 0.705. The van der Waals surface area contributed by atoms with Crippen molar-refractivity contribution in [1.82, 2.24) is 10.0 Å². The summed E-state index contributed by atoms with van der Waals surface area (Å²) >= 11 is 5.75. The molecular weight excluding hydrogens is 200 g/mol. The number of halogens is 1. The van der Waals surface area contributed by atoms with Crippen LogP contribution in [-0.2, 0) is 0 Å². The minimum atomic E-state index is 0.472. The maximum Gasteiger partial charge on any atom is 0.239 e. The molecule has 0 amide bonds. The molecule has 1 aromatic rings. The molecule has 2 rings (SSSR count). The van der Waals surface area contributed by atoms with Crippen molar-refractivity contribution >= 4 is 11.6 Å². The van der Waals surface area contributed by atoms with E-state index in [1.165, 1.54) is 19.3 Å². The number of piperidine rings is 1. The third kappa shape index (κ3) is 2.59. The van der Waals surface area contributed by atoms with Crippen LogP contribution in [0.25, 0.3) is 0 Å². The van der Waals surface area contributed by atoms with Crippen LogP contribution in [0.1, 0.15) is 19.3 Å². The molecule has 1 fully saturated rings. The molecule has 2 heterocycles. The highest BCUT2D eigenvalue weighted by Crippen LogP contribution is 2.15. The van der Waals surface area contributed by atoms with Crippen LogP contribution >= 0.6 is 11.6 Å². The lowest BCUT2D eigenvalue weighted by Gasteiger charge is -2.25. The van der Waals surface area contributed by atoms with Gasteiger partial charge in [-0.1, -0.05) is 24.1 Å². The summed E-state index contributed by atoms with van der Waals surface area (Å²) in [5, 5.41) is 2.42. The predicted octanol–water partition coefficient (Wildman–Crippen LogP) is 2.51. The average Bonchev–Trinajstić information content (AvgIpc) is 2.19. The summed E-state index contributed by atoms with van der Waals surface area (Å²) in [4.78, 5) is 9.64. The van der Waals surface area contributed by atoms with Gasteiger partial charge >= 0.3 is 0 Å². The Bertz CT molecular complexity index is 300. The van der Waals surface area contributed by atoms with Crippen molar-refractivity contribution in [2.75, 3.05) is 13.1 Å². The lowest BCUT2D eigenvalue weighted by Crippen LogP contribution is -2.33. The zero-order chi connectivity index (χ0) is 9.80. The van der Waals surface area contributed by atoms with Gasteiger partial charge in [0, 0.05) is 19.2 Å². The van der Waals surface area contributed by atoms with E-state index >= 15 is 0 Å². The van der Waals surface area contributed by atoms with E-state index in [4.69, 9.17) is 16.4 Å². The van der Waals surface area contributed by atoms with Gasteiger partial charge in [-0.05, 0) is 18.9 Å². The highest BCUT2D eigenvalue weighted by molar-refractivity contribution is 6.29. The maximum absolute atomic E-state index is 5.75. The van der Waals surface area contributed by atoms with Crippen LogP contribution in [0, 0.1) is 0 Å². The highest BCUT2D eigenvalue weighted by Gasteiger charge is 2.11. The fourth-order valence-corrected chi connectivity index (χ4v) is 1.68. The summed E-state index contributed by atoms with van der Waals surface area (Å²) in [7, 11) is 0. The lowest BCUT2D eigenvalue weighted by molar-refractivity contribution is -0.0757. The molecule has 0 unspecified atom stereocenters. The van der Waals surface area contributed by atoms with Crippen molar-refractivity contribution in [2.24, 2.45) is 0 Å². The van der Waals surface area contributed by atoms with E-state index < -0.39 is 0 Å². The Morgan fingerprint density at radius 3 is 2.71 bits per heavy atom. The van der Waals surface area contributed by atoms with Gasteiger partial charge in [-0.15, -0.1) is 5.06 Å². The molecular formula is C10H13ClN2O. The van der Waals surface area contributed by atoms with Crippen molar-refractivity contribution in [2.45, 2.75) is 19.3 Å². The van der Waals surface area contributed by atoms with Crippen LogP contribution in [0.5, 0.6) is 5.88 Å². The number of rotatable bonds is 2. The Hall–Kier alpha value is -0.800. The summed E-state index contributed by atoms with van der Waals surface area (Å²) in [6.07, 6.45) is 3.68. The molecule has 0 aromatic carbocycles. The van der Waals surface area contributed by atoms with E-state index in [1.54, 1.807) is 6.07 Å². The SMILES string of the molecule is Clc1cccc(ON2CCCCC2)n1. The van der Waals surface area contributed by atoms with E-state index in [1.807, 2.05) is 17.2 Å². The molecule has 0 spiro atoms. The van der Waals surface area contributed by atoms with Gasteiger partial charge in [-0.25, -0.2) is 0 Å². The molecule has 0 saturated carbocycles. The fraction of sp³-hybridized carbons (Fsp3) is 0.500. The molecule has 1 aromatic heterocycles. The van der Waals surface area contributed by atoms with Crippen molar-refractivity contribution in [3.8, 4) is 5.88 Å². The van der Waals surface area contributed by atoms with Crippen LogP contribution in [0.15, 0.2) is 18.2 Å². The lowest BCUT2D eigenvalue weighted by atomic mass is 10.2. The first-order chi connectivity index (χ1) is 6.84. The first kappa shape index (κ1) is 9.74. The highest BCUT2D eigenvalue weighted by atomic mass is 35.5. The molecule has 0 N–H and O–H groups in total. The van der Waals surface area contributed by atoms with Crippen LogP contribution < -0.4 is 4.84 Å². The number of hydrogen-bond acceptors (Lipinski definition) is 3. The molecule has 3 nitrogen and oxygen atoms in total. The molecule has 0 bridgehead atoms. The van der Waals surface area contributed by atoms with Gasteiger partial charge in [0.15, 0.2) is 0 Å². The fourth-order valence-electron chi connectivity index (χ4n) is 1.53. The Balaban J connectivity index is 1.95. The normalized spacial score (nSPS) is 18.1. The molecule has 14 heavy (non-hydrogen) atoms. The van der Waals surface area contributed by atoms with Gasteiger partial charge in [0.25, 0.3) is 0 Å². The zero-order valence-corrected chi connectivity index (χ0v) is 8.70. The Labute approximate surface area is 88.6 Å². The summed E-state index contributed by atoms with van der Waals surface area (Å²) in [5.74, 6) is 0.583. The minimum Gasteiger partial charge on any atom is -0.386 e. The van der Waals surface area contributed by atoms with Gasteiger partial charge in [-0.2, -0.15) is 4.98 Å². The predicted molar refractivity (Wildman–Crippen MR) is 55.3 cm³/mol. The maximum atomic E-state index is 5.75. The van der Waals surface area contributed by atoms with E-state index in [9.17, 15) is 0 Å². The minimum absolute atomic E-state index is 0.472. The third-order valence-corrected chi connectivity index (χ3v) is 2.44. The number of pyridine rings is 1. The average molecular weight is 213 g/mol. The van der Waals surface area contributed by atoms with Gasteiger partial charge in [0.05, 0.1) is 0 Å². The van der Waals surface area contributed by atoms with E-state index in [0.717, 1.165) is 13.1 Å². The number of nitrogens with zero attached hydrogens (tertiary/aromatic N) is 2. The molecule has 0 radical (unpaired) electrons. The van der Waals surface area contributed by atoms with E-state index in [2.05, 4.69) is 4.98 Å². The molecule has 4 heteroatoms. The topological polar surface area (TPSA) is 25.4 Å². The van der Waals surface area contributed by atoms with Crippen LogP contribution in [0.3, 0.4) is 0 Å². The second-order valence-electron chi connectivity index (χ2n) is 3.38. The first-order valence-electron chi connectivity index (χ1n) is 4.90. The Morgan fingerprint density at radius 1 is 1.21 bits per heavy atom. The van der Waals surface area contributed by atoms with Crippen LogP contribution in [0.2, 0.25) is 5.15 Å². The smallest absolute Gasteiger partial charge is 0.239 e. The summed E-state index contributed by atoms with van der Waals surface area (Å²) in [5.41, 5.74) is 0. The van der Waals surface area contributed by atoms with Gasteiger partial charge < -0.3 is 4.84 Å². The van der Waals surface area contributed by atoms with E-state index in [0.29, 0.717) is 11.0 Å². The Kier molecular flexibility index (Phi) is 3.22. The number of aromatic nitrogens is 1. The van der Waals surface area contributed by atoms with Crippen LogP contribution in [-0.4, -0.2) is 23.1 Å². The molecule has 76 valence electrons. The monoisotopic (exact) mass is 212 g/mol. The van der Waals surface area contributed by atoms with Crippen molar-refractivity contribution in [1.29, 1.82) is 0 Å². The second-order valence-corrected chi connectivity index (χ2v) is 3.77. The molecule has 1 aliphatic rings. The second kappa shape index (κ2) is 4.62. The van der Waals surface area contributed by atoms with Crippen LogP contribution in [0.4, 0.5) is 0 Å². The molecule has 0 atom stereocenters. The van der Waals surface area contributed by atoms with Crippen molar-refractivity contribution < 1.29 is 4.84 Å². The summed E-state index contributed by atoms with van der Waals surface area (Å²) < 4.78 is 0. The van der Waals surface area contributed by atoms with Gasteiger partial charge in [-0.3, -0.25) is 0 Å². The summed E-state index contributed by atoms with van der Waals surface area (Å²) in [6, 6.07) is 5.40. The standard InChI is InChI=1S/C10H13ClN2O/c11-9-5-4-6-10(12-9)14-13-7-2-1-3-8-13/h4-6H,1-3,7-8H2. The zero-order valence-electron chi connectivity index (χ0n) is 7.95. The summed E-state index contributed by atoms with van der Waals surface area (Å²) in [6.45, 7) is 1.96. The largest absolute Gasteiger partial charge is 0.386 e. The van der Waals surface area contributed by atoms with Gasteiger partial charge in [0.2, 0.25) is 5.88 Å². The van der Waals surface area contributed by atoms with E-state index in [-0.39, 0.29) is 0 Å². The molecule has 1 aliphatic heterocycles. The number of hydrogen-bond donors (Lipinski definition) is 0. The van der Waals surface area contributed by atoms with Crippen molar-refractivity contribution in [3.63, 3.8) is 0 Å². The first-order valence-corrected chi connectivity index (χ1v) is 5.28. The number of hydroxylamine groups is 2.